The van der Waals surface area contributed by atoms with Crippen molar-refractivity contribution in [2.45, 2.75) is 38.2 Å². The molecular weight excluding hydrogens is 604 g/mol. The van der Waals surface area contributed by atoms with Crippen molar-refractivity contribution in [1.29, 1.82) is 0 Å². The molecule has 0 fully saturated rings. The lowest BCUT2D eigenvalue weighted by atomic mass is 10.0. The van der Waals surface area contributed by atoms with E-state index in [4.69, 9.17) is 26.5 Å². The fourth-order valence-corrected chi connectivity index (χ4v) is 4.40. The van der Waals surface area contributed by atoms with Crippen LogP contribution in [-0.4, -0.2) is 44.7 Å². The molecule has 0 saturated carbocycles. The van der Waals surface area contributed by atoms with E-state index in [2.05, 4.69) is 15.3 Å². The van der Waals surface area contributed by atoms with Gasteiger partial charge in [0.05, 0.1) is 28.6 Å². The number of para-hydroxylation sites is 1. The van der Waals surface area contributed by atoms with Gasteiger partial charge in [-0.3, -0.25) is 9.78 Å². The molecule has 15 heteroatoms. The van der Waals surface area contributed by atoms with Gasteiger partial charge in [0.25, 0.3) is 5.91 Å². The van der Waals surface area contributed by atoms with Gasteiger partial charge in [0.1, 0.15) is 5.82 Å². The Morgan fingerprint density at radius 2 is 1.60 bits per heavy atom. The zero-order chi connectivity index (χ0) is 31.5. The number of alkyl halides is 6. The number of carboxylic acids is 1. The average Bonchev–Trinajstić information content (AvgIpc) is 2.95. The summed E-state index contributed by atoms with van der Waals surface area (Å²) in [6.07, 6.45) is -8.40. The Morgan fingerprint density at radius 3 is 2.23 bits per heavy atom. The van der Waals surface area contributed by atoms with E-state index in [0.717, 1.165) is 5.69 Å². The lowest BCUT2D eigenvalue weighted by Crippen LogP contribution is -2.30. The van der Waals surface area contributed by atoms with Gasteiger partial charge in [0.15, 0.2) is 0 Å². The van der Waals surface area contributed by atoms with Gasteiger partial charge in [-0.1, -0.05) is 23.7 Å². The molecule has 2 aromatic carbocycles. The minimum Gasteiger partial charge on any atom is -0.475 e. The molecule has 1 unspecified atom stereocenters. The van der Waals surface area contributed by atoms with Crippen LogP contribution < -0.4 is 10.2 Å². The summed E-state index contributed by atoms with van der Waals surface area (Å²) in [6, 6.07) is 16.5. The monoisotopic (exact) mass is 625 g/mol. The highest BCUT2D eigenvalue weighted by Crippen LogP contribution is 2.38. The van der Waals surface area contributed by atoms with E-state index < -0.39 is 24.1 Å². The van der Waals surface area contributed by atoms with Crippen molar-refractivity contribution in [2.75, 3.05) is 11.4 Å². The highest BCUT2D eigenvalue weighted by molar-refractivity contribution is 6.30. The number of aliphatic carboxylic acids is 1. The molecule has 0 radical (unpaired) electrons. The molecule has 5 rings (SSSR count). The molecule has 0 aliphatic carbocycles. The van der Waals surface area contributed by atoms with Gasteiger partial charge in [-0.15, -0.1) is 0 Å². The normalized spacial score (nSPS) is 13.9. The van der Waals surface area contributed by atoms with Crippen molar-refractivity contribution in [1.82, 2.24) is 20.3 Å². The molecule has 0 bridgehead atoms. The third-order valence-corrected chi connectivity index (χ3v) is 6.54. The van der Waals surface area contributed by atoms with Crippen LogP contribution in [0.3, 0.4) is 0 Å². The van der Waals surface area contributed by atoms with Crippen LogP contribution in [0.1, 0.15) is 47.0 Å². The zero-order valence-corrected chi connectivity index (χ0v) is 22.9. The minimum atomic E-state index is -5.08. The molecule has 8 nitrogen and oxygen atoms in total. The van der Waals surface area contributed by atoms with Crippen molar-refractivity contribution < 1.29 is 41.0 Å². The summed E-state index contributed by atoms with van der Waals surface area (Å²) < 4.78 is 72.4. The second-order valence-corrected chi connectivity index (χ2v) is 9.78. The number of anilines is 2. The summed E-state index contributed by atoms with van der Waals surface area (Å²) in [4.78, 5) is 35.7. The molecule has 2 N–H and O–H groups in total. The molecule has 4 aromatic rings. The highest BCUT2D eigenvalue weighted by Gasteiger charge is 2.38. The summed E-state index contributed by atoms with van der Waals surface area (Å²) in [5.41, 5.74) is 2.79. The quantitative estimate of drug-likeness (QED) is 0.237. The van der Waals surface area contributed by atoms with E-state index in [1.165, 1.54) is 0 Å². The maximum atomic E-state index is 13.6. The second kappa shape index (κ2) is 12.4. The first-order valence-electron chi connectivity index (χ1n) is 12.6. The fraction of sp³-hybridized carbons (Fsp3) is 0.250. The molecule has 1 atom stereocenters. The Kier molecular flexibility index (Phi) is 9.09. The topological polar surface area (TPSA) is 108 Å². The van der Waals surface area contributed by atoms with Gasteiger partial charge in [0.2, 0.25) is 5.82 Å². The highest BCUT2D eigenvalue weighted by atomic mass is 35.5. The number of halogens is 7. The smallest absolute Gasteiger partial charge is 0.475 e. The van der Waals surface area contributed by atoms with E-state index >= 15 is 0 Å². The van der Waals surface area contributed by atoms with E-state index in [1.807, 2.05) is 13.0 Å². The number of rotatable bonds is 4. The van der Waals surface area contributed by atoms with Gasteiger partial charge in [-0.2, -0.15) is 26.3 Å². The maximum Gasteiger partial charge on any atom is 0.490 e. The Labute approximate surface area is 245 Å². The third kappa shape index (κ3) is 7.49. The van der Waals surface area contributed by atoms with Crippen LogP contribution in [0.25, 0.3) is 10.9 Å². The second-order valence-electron chi connectivity index (χ2n) is 9.35. The number of hydrogen-bond donors (Lipinski definition) is 2. The molecule has 1 amide bonds. The van der Waals surface area contributed by atoms with Crippen molar-refractivity contribution in [3.8, 4) is 0 Å². The summed E-state index contributed by atoms with van der Waals surface area (Å²) in [5.74, 6) is -3.99. The Bertz CT molecular complexity index is 1650. The van der Waals surface area contributed by atoms with Gasteiger partial charge in [0, 0.05) is 22.5 Å². The Balaban J connectivity index is 0.000000541. The Hall–Kier alpha value is -4.46. The number of fused-ring (bicyclic) bond motifs is 2. The fourth-order valence-electron chi connectivity index (χ4n) is 4.27. The number of hydrogen-bond acceptors (Lipinski definition) is 6. The summed E-state index contributed by atoms with van der Waals surface area (Å²) >= 11 is 5.90. The first-order chi connectivity index (χ1) is 20.1. The maximum absolute atomic E-state index is 13.6. The number of carboxylic acid groups (broad SMARTS) is 1. The summed E-state index contributed by atoms with van der Waals surface area (Å²) in [7, 11) is 0. The number of carbonyl (C=O) groups excluding carboxylic acids is 1. The Morgan fingerprint density at radius 1 is 0.953 bits per heavy atom. The molecule has 3 heterocycles. The molecule has 0 spiro atoms. The largest absolute Gasteiger partial charge is 0.490 e. The number of amides is 1. The van der Waals surface area contributed by atoms with Gasteiger partial charge < -0.3 is 15.3 Å². The van der Waals surface area contributed by atoms with Crippen LogP contribution in [0.2, 0.25) is 5.02 Å². The van der Waals surface area contributed by atoms with Crippen LogP contribution in [0.5, 0.6) is 0 Å². The number of aryl methyl sites for hydroxylation is 1. The van der Waals surface area contributed by atoms with Crippen molar-refractivity contribution in [3.63, 3.8) is 0 Å². The van der Waals surface area contributed by atoms with E-state index in [9.17, 15) is 31.1 Å². The van der Waals surface area contributed by atoms with Crippen LogP contribution in [0, 0.1) is 0 Å². The molecule has 226 valence electrons. The number of aromatic nitrogens is 3. The number of nitrogens with zero attached hydrogens (tertiary/aromatic N) is 4. The third-order valence-electron chi connectivity index (χ3n) is 6.29. The summed E-state index contributed by atoms with van der Waals surface area (Å²) in [6.45, 7) is 2.33. The predicted octanol–water partition coefficient (Wildman–Crippen LogP) is 6.91. The van der Waals surface area contributed by atoms with Gasteiger partial charge in [-0.05, 0) is 68.3 Å². The molecule has 43 heavy (non-hydrogen) atoms. The first-order valence-corrected chi connectivity index (χ1v) is 13.0. The number of carbonyl (C=O) groups is 2. The number of nitrogens with one attached hydrogen (secondary N) is 1. The zero-order valence-electron chi connectivity index (χ0n) is 22.2. The van der Waals surface area contributed by atoms with Crippen LogP contribution in [-0.2, 0) is 17.4 Å². The van der Waals surface area contributed by atoms with Gasteiger partial charge >= 0.3 is 18.3 Å². The van der Waals surface area contributed by atoms with E-state index in [0.29, 0.717) is 46.7 Å². The average molecular weight is 626 g/mol. The molecular formula is C28H22ClF6N5O3. The molecule has 2 aromatic heterocycles. The SMILES string of the molecule is CC(NC(=O)c1ccc(Cl)cc1)c1ccc2c(n1)CCCN2c1nc(C(F)(F)F)nc2ccccc12.O=C(O)C(F)(F)F. The minimum absolute atomic E-state index is 0.201. The molecule has 1 aliphatic rings. The van der Waals surface area contributed by atoms with Crippen molar-refractivity contribution in [2.24, 2.45) is 0 Å². The van der Waals surface area contributed by atoms with Crippen molar-refractivity contribution in [3.05, 3.63) is 88.5 Å². The summed E-state index contributed by atoms with van der Waals surface area (Å²) in [5, 5.41) is 11.1. The standard InChI is InChI=1S/C26H21ClF3N5O.C2HF3O2/c1-15(31-24(36)16-8-10-17(27)11-9-16)19-12-13-22-21(32-19)7-4-14-35(22)23-18-5-2-3-6-20(18)33-25(34-23)26(28,29)30;3-2(4,5)1(6)7/h2-3,5-6,8-13,15H,4,7,14H2,1H3,(H,31,36);(H,6,7). The van der Waals surface area contributed by atoms with Crippen LogP contribution in [0.15, 0.2) is 60.7 Å². The number of pyridine rings is 1. The molecule has 1 aliphatic heterocycles. The number of benzene rings is 2. The van der Waals surface area contributed by atoms with E-state index in [1.54, 1.807) is 59.5 Å². The first kappa shape index (κ1) is 31.5. The molecule has 0 saturated heterocycles. The van der Waals surface area contributed by atoms with Gasteiger partial charge in [-0.25, -0.2) is 14.8 Å². The lowest BCUT2D eigenvalue weighted by Gasteiger charge is -2.31. The van der Waals surface area contributed by atoms with Crippen LogP contribution >= 0.6 is 11.6 Å². The lowest BCUT2D eigenvalue weighted by molar-refractivity contribution is -0.192. The van der Waals surface area contributed by atoms with Crippen LogP contribution in [0.4, 0.5) is 37.8 Å². The van der Waals surface area contributed by atoms with E-state index in [-0.39, 0.29) is 23.3 Å². The van der Waals surface area contributed by atoms with Crippen molar-refractivity contribution >= 4 is 45.9 Å². The predicted molar refractivity (Wildman–Crippen MR) is 145 cm³/mol.